The molecule has 26 heavy (non-hydrogen) atoms. The molecule has 6 nitrogen and oxygen atoms in total. The van der Waals surface area contributed by atoms with E-state index in [1.807, 2.05) is 0 Å². The lowest BCUT2D eigenvalue weighted by molar-refractivity contribution is 0.0593. The van der Waals surface area contributed by atoms with Crippen LogP contribution in [-0.4, -0.2) is 39.4 Å². The number of methoxy groups -OCH3 is 2. The first-order valence-electron chi connectivity index (χ1n) is 7.47. The van der Waals surface area contributed by atoms with Gasteiger partial charge in [-0.2, -0.15) is 0 Å². The van der Waals surface area contributed by atoms with Gasteiger partial charge in [0.25, 0.3) is 0 Å². The number of ether oxygens (including phenoxy) is 4. The van der Waals surface area contributed by atoms with Crippen molar-refractivity contribution >= 4 is 39.5 Å². The van der Waals surface area contributed by atoms with Crippen molar-refractivity contribution in [1.29, 1.82) is 0 Å². The molecule has 0 fully saturated rings. The van der Waals surface area contributed by atoms with Gasteiger partial charge in [-0.25, -0.2) is 9.59 Å². The molecule has 2 aromatic rings. The van der Waals surface area contributed by atoms with Crippen LogP contribution in [0.15, 0.2) is 40.9 Å². The van der Waals surface area contributed by atoms with Gasteiger partial charge in [0.05, 0.1) is 23.8 Å². The number of esters is 2. The van der Waals surface area contributed by atoms with Crippen molar-refractivity contribution < 1.29 is 28.5 Å². The van der Waals surface area contributed by atoms with Crippen molar-refractivity contribution in [2.75, 3.05) is 27.4 Å². The van der Waals surface area contributed by atoms with Crippen molar-refractivity contribution in [3.8, 4) is 11.5 Å². The Balaban J connectivity index is 2.18. The maximum absolute atomic E-state index is 12.4. The van der Waals surface area contributed by atoms with E-state index in [0.29, 0.717) is 28.5 Å². The highest BCUT2D eigenvalue weighted by molar-refractivity contribution is 9.10. The van der Waals surface area contributed by atoms with Crippen molar-refractivity contribution in [2.45, 2.75) is 0 Å². The molecule has 0 heterocycles. The Morgan fingerprint density at radius 3 is 2.38 bits per heavy atom. The number of rotatable bonds is 7. The van der Waals surface area contributed by atoms with E-state index in [0.717, 1.165) is 0 Å². The highest BCUT2D eigenvalue weighted by Crippen LogP contribution is 2.28. The summed E-state index contributed by atoms with van der Waals surface area (Å²) in [5.41, 5.74) is 0.341. The van der Waals surface area contributed by atoms with Crippen LogP contribution < -0.4 is 9.47 Å². The summed E-state index contributed by atoms with van der Waals surface area (Å²) < 4.78 is 21.0. The Labute approximate surface area is 164 Å². The number of halogens is 2. The third-order valence-corrected chi connectivity index (χ3v) is 4.12. The third kappa shape index (κ3) is 5.20. The molecule has 0 aliphatic carbocycles. The zero-order chi connectivity index (χ0) is 19.1. The molecule has 0 bridgehead atoms. The van der Waals surface area contributed by atoms with Crippen LogP contribution in [0.25, 0.3) is 0 Å². The van der Waals surface area contributed by atoms with Gasteiger partial charge < -0.3 is 18.9 Å². The van der Waals surface area contributed by atoms with Crippen molar-refractivity contribution in [3.05, 3.63) is 57.0 Å². The highest BCUT2D eigenvalue weighted by Gasteiger charge is 2.18. The molecule has 8 heteroatoms. The lowest BCUT2D eigenvalue weighted by atomic mass is 10.2. The maximum Gasteiger partial charge on any atom is 0.343 e. The molecule has 0 spiro atoms. The fraction of sp³-hybridized carbons (Fsp3) is 0.222. The molecule has 0 saturated heterocycles. The van der Waals surface area contributed by atoms with E-state index in [9.17, 15) is 9.59 Å². The van der Waals surface area contributed by atoms with E-state index in [-0.39, 0.29) is 16.9 Å². The second-order valence-corrected chi connectivity index (χ2v) is 6.30. The standard InChI is InChI=1S/C18H16BrClO6/c1-23-7-8-25-16-5-3-11(9-14(16)19)17(21)26-15-6-4-12(20)10-13(15)18(22)24-2/h3-6,9-10H,7-8H2,1-2H3. The molecule has 0 atom stereocenters. The molecule has 0 saturated carbocycles. The van der Waals surface area contributed by atoms with Crippen molar-refractivity contribution in [1.82, 2.24) is 0 Å². The van der Waals surface area contributed by atoms with Gasteiger partial charge in [-0.15, -0.1) is 0 Å². The molecule has 0 aliphatic rings. The number of carbonyl (C=O) groups excluding carboxylic acids is 2. The van der Waals surface area contributed by atoms with Gasteiger partial charge in [-0.3, -0.25) is 0 Å². The average Bonchev–Trinajstić information content (AvgIpc) is 2.63. The molecule has 0 aliphatic heterocycles. The van der Waals surface area contributed by atoms with Gasteiger partial charge in [-0.1, -0.05) is 11.6 Å². The first-order chi connectivity index (χ1) is 12.5. The van der Waals surface area contributed by atoms with E-state index < -0.39 is 11.9 Å². The smallest absolute Gasteiger partial charge is 0.343 e. The quantitative estimate of drug-likeness (QED) is 0.364. The van der Waals surface area contributed by atoms with Crippen LogP contribution in [0, 0.1) is 0 Å². The summed E-state index contributed by atoms with van der Waals surface area (Å²) in [6, 6.07) is 9.09. The summed E-state index contributed by atoms with van der Waals surface area (Å²) in [6.45, 7) is 0.829. The third-order valence-electron chi connectivity index (χ3n) is 3.26. The first-order valence-corrected chi connectivity index (χ1v) is 8.64. The lowest BCUT2D eigenvalue weighted by Gasteiger charge is -2.11. The predicted molar refractivity (Wildman–Crippen MR) is 99.3 cm³/mol. The summed E-state index contributed by atoms with van der Waals surface area (Å²) in [7, 11) is 2.81. The molecule has 0 amide bonds. The summed E-state index contributed by atoms with van der Waals surface area (Å²) in [4.78, 5) is 24.2. The van der Waals surface area contributed by atoms with Crippen molar-refractivity contribution in [3.63, 3.8) is 0 Å². The van der Waals surface area contributed by atoms with Gasteiger partial charge in [0.2, 0.25) is 0 Å². The lowest BCUT2D eigenvalue weighted by Crippen LogP contribution is -2.12. The van der Waals surface area contributed by atoms with Gasteiger partial charge in [-0.05, 0) is 52.3 Å². The fourth-order valence-corrected chi connectivity index (χ4v) is 2.66. The number of carbonyl (C=O) groups is 2. The molecule has 0 radical (unpaired) electrons. The molecular formula is C18H16BrClO6. The van der Waals surface area contributed by atoms with Gasteiger partial charge >= 0.3 is 11.9 Å². The van der Waals surface area contributed by atoms with Crippen LogP contribution in [0.2, 0.25) is 5.02 Å². The number of benzene rings is 2. The van der Waals surface area contributed by atoms with E-state index >= 15 is 0 Å². The Morgan fingerprint density at radius 1 is 1.00 bits per heavy atom. The Morgan fingerprint density at radius 2 is 1.73 bits per heavy atom. The predicted octanol–water partition coefficient (Wildman–Crippen LogP) is 4.13. The van der Waals surface area contributed by atoms with Gasteiger partial charge in [0.15, 0.2) is 0 Å². The minimum absolute atomic E-state index is 0.0581. The SMILES string of the molecule is COCCOc1ccc(C(=O)Oc2ccc(Cl)cc2C(=O)OC)cc1Br. The minimum Gasteiger partial charge on any atom is -0.490 e. The summed E-state index contributed by atoms with van der Waals surface area (Å²) in [6.07, 6.45) is 0. The molecular weight excluding hydrogens is 428 g/mol. The Kier molecular flexibility index (Phi) is 7.44. The average molecular weight is 444 g/mol. The highest BCUT2D eigenvalue weighted by atomic mass is 79.9. The molecule has 2 rings (SSSR count). The zero-order valence-corrected chi connectivity index (χ0v) is 16.4. The second-order valence-electron chi connectivity index (χ2n) is 5.01. The fourth-order valence-electron chi connectivity index (χ4n) is 2.00. The molecule has 0 aromatic heterocycles. The normalized spacial score (nSPS) is 10.3. The van der Waals surface area contributed by atoms with Gasteiger partial charge in [0, 0.05) is 12.1 Å². The van der Waals surface area contributed by atoms with Gasteiger partial charge in [0.1, 0.15) is 23.7 Å². The summed E-state index contributed by atoms with van der Waals surface area (Å²) in [5, 5.41) is 0.325. The molecule has 0 N–H and O–H groups in total. The van der Waals surface area contributed by atoms with Crippen molar-refractivity contribution in [2.24, 2.45) is 0 Å². The summed E-state index contributed by atoms with van der Waals surface area (Å²) >= 11 is 9.23. The zero-order valence-electron chi connectivity index (χ0n) is 14.1. The van der Waals surface area contributed by atoms with Crippen LogP contribution in [0.1, 0.15) is 20.7 Å². The van der Waals surface area contributed by atoms with Crippen LogP contribution in [0.4, 0.5) is 0 Å². The number of hydrogen-bond acceptors (Lipinski definition) is 6. The van der Waals surface area contributed by atoms with Crippen LogP contribution >= 0.6 is 27.5 Å². The molecule has 138 valence electrons. The minimum atomic E-state index is -0.654. The molecule has 0 unspecified atom stereocenters. The largest absolute Gasteiger partial charge is 0.490 e. The Hall–Kier alpha value is -2.09. The number of hydrogen-bond donors (Lipinski definition) is 0. The summed E-state index contributed by atoms with van der Waals surface area (Å²) in [5.74, 6) is -0.664. The first kappa shape index (κ1) is 20.2. The van der Waals surface area contributed by atoms with E-state index in [1.165, 1.54) is 25.3 Å². The van der Waals surface area contributed by atoms with Crippen LogP contribution in [0.3, 0.4) is 0 Å². The van der Waals surface area contributed by atoms with Crippen LogP contribution in [0.5, 0.6) is 11.5 Å². The van der Waals surface area contributed by atoms with E-state index in [1.54, 1.807) is 25.3 Å². The molecule has 2 aromatic carbocycles. The van der Waals surface area contributed by atoms with E-state index in [2.05, 4.69) is 20.7 Å². The second kappa shape index (κ2) is 9.56. The van der Waals surface area contributed by atoms with Crippen LogP contribution in [-0.2, 0) is 9.47 Å². The topological polar surface area (TPSA) is 71.1 Å². The monoisotopic (exact) mass is 442 g/mol. The Bertz CT molecular complexity index is 808. The maximum atomic E-state index is 12.4. The van der Waals surface area contributed by atoms with E-state index in [4.69, 9.17) is 25.8 Å².